The van der Waals surface area contributed by atoms with Crippen LogP contribution in [0, 0.1) is 4.77 Å². The Labute approximate surface area is 103 Å². The monoisotopic (exact) mass is 249 g/mol. The number of nitrogens with zero attached hydrogens (tertiary/aromatic N) is 2. The van der Waals surface area contributed by atoms with Gasteiger partial charge in [-0.2, -0.15) is 5.10 Å². The van der Waals surface area contributed by atoms with Crippen molar-refractivity contribution in [2.45, 2.75) is 23.5 Å². The van der Waals surface area contributed by atoms with Gasteiger partial charge in [0.2, 0.25) is 0 Å². The highest BCUT2D eigenvalue weighted by molar-refractivity contribution is 8.00. The fourth-order valence-electron chi connectivity index (χ4n) is 1.97. The molecule has 0 saturated heterocycles. The summed E-state index contributed by atoms with van der Waals surface area (Å²) in [5, 5.41) is 7.69. The van der Waals surface area contributed by atoms with E-state index in [0.29, 0.717) is 10.0 Å². The van der Waals surface area contributed by atoms with Crippen LogP contribution in [0.25, 0.3) is 5.69 Å². The van der Waals surface area contributed by atoms with Crippen molar-refractivity contribution in [3.63, 3.8) is 0 Å². The largest absolute Gasteiger partial charge is 0.271 e. The van der Waals surface area contributed by atoms with E-state index in [9.17, 15) is 0 Å². The minimum atomic E-state index is 0.521. The molecular formula is C11H11N3S2. The van der Waals surface area contributed by atoms with Gasteiger partial charge in [0.05, 0.1) is 5.69 Å². The van der Waals surface area contributed by atoms with Gasteiger partial charge in [-0.25, -0.2) is 0 Å². The molecule has 3 nitrogen and oxygen atoms in total. The van der Waals surface area contributed by atoms with Gasteiger partial charge in [0, 0.05) is 16.6 Å². The van der Waals surface area contributed by atoms with Gasteiger partial charge in [-0.1, -0.05) is 19.1 Å². The number of nitrogens with one attached hydrogen (secondary N) is 1. The third kappa shape index (κ3) is 1.51. The Morgan fingerprint density at radius 2 is 2.31 bits per heavy atom. The molecule has 82 valence electrons. The van der Waals surface area contributed by atoms with Gasteiger partial charge in [-0.15, -0.1) is 11.8 Å². The van der Waals surface area contributed by atoms with Gasteiger partial charge >= 0.3 is 0 Å². The highest BCUT2D eigenvalue weighted by atomic mass is 32.2. The molecule has 1 aromatic heterocycles. The predicted octanol–water partition coefficient (Wildman–Crippen LogP) is 2.97. The molecule has 1 aliphatic heterocycles. The molecule has 5 heteroatoms. The Hall–Kier alpha value is -1.07. The standard InChI is InChI=1S/C11H11N3S2/c1-7-6-10-12-13-11(15)14(10)8-4-2-3-5-9(8)16-7/h2-5,7H,6H2,1H3,(H,13,15). The van der Waals surface area contributed by atoms with E-state index in [4.69, 9.17) is 12.2 Å². The van der Waals surface area contributed by atoms with E-state index < -0.39 is 0 Å². The Balaban J connectivity index is 2.33. The van der Waals surface area contributed by atoms with Crippen LogP contribution in [0.3, 0.4) is 0 Å². The maximum Gasteiger partial charge on any atom is 0.199 e. The summed E-state index contributed by atoms with van der Waals surface area (Å²) in [4.78, 5) is 1.27. The molecule has 16 heavy (non-hydrogen) atoms. The summed E-state index contributed by atoms with van der Waals surface area (Å²) < 4.78 is 2.72. The van der Waals surface area contributed by atoms with E-state index in [1.165, 1.54) is 4.90 Å². The average molecular weight is 249 g/mol. The number of rotatable bonds is 0. The van der Waals surface area contributed by atoms with Crippen LogP contribution in [0.5, 0.6) is 0 Å². The number of thioether (sulfide) groups is 1. The van der Waals surface area contributed by atoms with Crippen LogP contribution < -0.4 is 0 Å². The molecule has 0 radical (unpaired) electrons. The lowest BCUT2D eigenvalue weighted by atomic mass is 10.3. The topological polar surface area (TPSA) is 33.6 Å². The molecule has 0 fully saturated rings. The van der Waals surface area contributed by atoms with Gasteiger partial charge in [-0.3, -0.25) is 9.67 Å². The average Bonchev–Trinajstić information content (AvgIpc) is 2.55. The van der Waals surface area contributed by atoms with Gasteiger partial charge in [0.1, 0.15) is 5.82 Å². The number of aromatic nitrogens is 3. The second-order valence-corrected chi connectivity index (χ2v) is 5.75. The zero-order valence-corrected chi connectivity index (χ0v) is 10.4. The number of para-hydroxylation sites is 1. The summed E-state index contributed by atoms with van der Waals surface area (Å²) in [6.07, 6.45) is 0.937. The number of H-pyrrole nitrogens is 1. The van der Waals surface area contributed by atoms with Crippen molar-refractivity contribution in [1.29, 1.82) is 0 Å². The summed E-state index contributed by atoms with van der Waals surface area (Å²) in [6.45, 7) is 2.22. The summed E-state index contributed by atoms with van der Waals surface area (Å²) in [5.41, 5.74) is 1.14. The molecule has 1 N–H and O–H groups in total. The van der Waals surface area contributed by atoms with Crippen LogP contribution in [0.2, 0.25) is 0 Å². The van der Waals surface area contributed by atoms with E-state index in [1.807, 2.05) is 22.4 Å². The number of hydrogen-bond acceptors (Lipinski definition) is 3. The first-order chi connectivity index (χ1) is 7.75. The number of aromatic amines is 1. The smallest absolute Gasteiger partial charge is 0.199 e. The zero-order valence-electron chi connectivity index (χ0n) is 8.80. The second kappa shape index (κ2) is 3.75. The van der Waals surface area contributed by atoms with Crippen molar-refractivity contribution < 1.29 is 0 Å². The molecule has 0 aliphatic carbocycles. The maximum absolute atomic E-state index is 5.28. The van der Waals surface area contributed by atoms with Crippen LogP contribution in [-0.4, -0.2) is 20.0 Å². The molecule has 0 bridgehead atoms. The molecule has 2 aromatic rings. The Morgan fingerprint density at radius 1 is 1.50 bits per heavy atom. The van der Waals surface area contributed by atoms with E-state index >= 15 is 0 Å². The molecule has 1 atom stereocenters. The SMILES string of the molecule is CC1Cc2n[nH]c(=S)n2-c2ccccc2S1. The predicted molar refractivity (Wildman–Crippen MR) is 67.8 cm³/mol. The van der Waals surface area contributed by atoms with Gasteiger partial charge in [0.15, 0.2) is 4.77 Å². The van der Waals surface area contributed by atoms with Crippen molar-refractivity contribution in [3.8, 4) is 5.69 Å². The fraction of sp³-hybridized carbons (Fsp3) is 0.273. The van der Waals surface area contributed by atoms with Crippen LogP contribution in [0.4, 0.5) is 0 Å². The first-order valence-corrected chi connectivity index (χ1v) is 6.47. The molecule has 1 unspecified atom stereocenters. The van der Waals surface area contributed by atoms with E-state index in [0.717, 1.165) is 17.9 Å². The minimum Gasteiger partial charge on any atom is -0.271 e. The zero-order chi connectivity index (χ0) is 11.1. The molecule has 1 aliphatic rings. The first-order valence-electron chi connectivity index (χ1n) is 5.18. The maximum atomic E-state index is 5.28. The van der Waals surface area contributed by atoms with Crippen molar-refractivity contribution in [2.75, 3.05) is 0 Å². The third-order valence-corrected chi connectivity index (χ3v) is 4.09. The highest BCUT2D eigenvalue weighted by Gasteiger charge is 2.20. The highest BCUT2D eigenvalue weighted by Crippen LogP contribution is 2.34. The van der Waals surface area contributed by atoms with Crippen molar-refractivity contribution in [3.05, 3.63) is 34.9 Å². The van der Waals surface area contributed by atoms with Crippen LogP contribution in [0.1, 0.15) is 12.7 Å². The normalized spacial score (nSPS) is 18.7. The van der Waals surface area contributed by atoms with Gasteiger partial charge < -0.3 is 0 Å². The lowest BCUT2D eigenvalue weighted by Gasteiger charge is -2.07. The van der Waals surface area contributed by atoms with Crippen LogP contribution in [-0.2, 0) is 6.42 Å². The molecule has 1 aromatic carbocycles. The Morgan fingerprint density at radius 3 is 3.19 bits per heavy atom. The van der Waals surface area contributed by atoms with Gasteiger partial charge in [0.25, 0.3) is 0 Å². The summed E-state index contributed by atoms with van der Waals surface area (Å²) >= 11 is 7.16. The van der Waals surface area contributed by atoms with Crippen molar-refractivity contribution >= 4 is 24.0 Å². The number of fused-ring (bicyclic) bond motifs is 3. The summed E-state index contributed by atoms with van der Waals surface area (Å²) in [5.74, 6) is 1.02. The van der Waals surface area contributed by atoms with Crippen molar-refractivity contribution in [2.24, 2.45) is 0 Å². The number of benzene rings is 1. The molecule has 3 rings (SSSR count). The Bertz CT molecular complexity index is 585. The quantitative estimate of drug-likeness (QED) is 0.729. The van der Waals surface area contributed by atoms with E-state index in [2.05, 4.69) is 35.3 Å². The lowest BCUT2D eigenvalue weighted by Crippen LogP contribution is -2.04. The van der Waals surface area contributed by atoms with E-state index in [1.54, 1.807) is 0 Å². The third-order valence-electron chi connectivity index (χ3n) is 2.65. The lowest BCUT2D eigenvalue weighted by molar-refractivity contribution is 0.821. The van der Waals surface area contributed by atoms with Crippen LogP contribution in [0.15, 0.2) is 29.2 Å². The minimum absolute atomic E-state index is 0.521. The summed E-state index contributed by atoms with van der Waals surface area (Å²) in [6, 6.07) is 8.33. The molecule has 0 amide bonds. The molecular weight excluding hydrogens is 238 g/mol. The molecule has 0 spiro atoms. The second-order valence-electron chi connectivity index (χ2n) is 3.88. The molecule has 0 saturated carbocycles. The van der Waals surface area contributed by atoms with Crippen molar-refractivity contribution in [1.82, 2.24) is 14.8 Å². The van der Waals surface area contributed by atoms with E-state index in [-0.39, 0.29) is 0 Å². The Kier molecular flexibility index (Phi) is 2.37. The fourth-order valence-corrected chi connectivity index (χ4v) is 3.32. The van der Waals surface area contributed by atoms with Crippen LogP contribution >= 0.6 is 24.0 Å². The summed E-state index contributed by atoms with van der Waals surface area (Å²) in [7, 11) is 0. The number of hydrogen-bond donors (Lipinski definition) is 1. The first kappa shape index (κ1) is 10.1. The van der Waals surface area contributed by atoms with Gasteiger partial charge in [-0.05, 0) is 24.4 Å². The molecule has 2 heterocycles.